The molecule has 142 valence electrons. The van der Waals surface area contributed by atoms with E-state index >= 15 is 0 Å². The Morgan fingerprint density at radius 3 is 2.15 bits per heavy atom. The number of aromatic nitrogens is 2. The van der Waals surface area contributed by atoms with E-state index in [0.717, 1.165) is 22.5 Å². The number of aryl methyl sites for hydroxylation is 4. The van der Waals surface area contributed by atoms with Crippen LogP contribution in [0, 0.1) is 27.7 Å². The molecule has 0 amide bonds. The third-order valence-electron chi connectivity index (χ3n) is 4.22. The lowest BCUT2D eigenvalue weighted by atomic mass is 10.2. The van der Waals surface area contributed by atoms with Crippen LogP contribution in [0.2, 0.25) is 0 Å². The van der Waals surface area contributed by atoms with Crippen LogP contribution in [-0.2, 0) is 10.1 Å². The molecule has 0 fully saturated rings. The Labute approximate surface area is 159 Å². The van der Waals surface area contributed by atoms with Crippen molar-refractivity contribution in [2.45, 2.75) is 32.6 Å². The number of nitrogens with zero attached hydrogens (tertiary/aromatic N) is 2. The number of hydrogen-bond donors (Lipinski definition) is 0. The SMILES string of the molecule is COc1cc(-n2nc(C)cc2C)c(OS(=O)(=O)c2ccc(C)cc2)cc1C. The van der Waals surface area contributed by atoms with E-state index in [4.69, 9.17) is 8.92 Å². The molecule has 0 radical (unpaired) electrons. The molecule has 0 unspecified atom stereocenters. The van der Waals surface area contributed by atoms with Gasteiger partial charge in [0.25, 0.3) is 0 Å². The molecule has 0 bridgehead atoms. The number of methoxy groups -OCH3 is 1. The Bertz CT molecular complexity index is 1080. The molecule has 3 aromatic rings. The van der Waals surface area contributed by atoms with Crippen molar-refractivity contribution in [3.63, 3.8) is 0 Å². The van der Waals surface area contributed by atoms with Crippen molar-refractivity contribution in [3.05, 3.63) is 65.0 Å². The van der Waals surface area contributed by atoms with Gasteiger partial charge in [-0.25, -0.2) is 4.68 Å². The monoisotopic (exact) mass is 386 g/mol. The molecule has 3 rings (SSSR count). The van der Waals surface area contributed by atoms with Gasteiger partial charge in [0.15, 0.2) is 5.75 Å². The van der Waals surface area contributed by atoms with Gasteiger partial charge in [0, 0.05) is 11.8 Å². The lowest BCUT2D eigenvalue weighted by Crippen LogP contribution is -2.13. The summed E-state index contributed by atoms with van der Waals surface area (Å²) in [5.41, 5.74) is 3.91. The second-order valence-electron chi connectivity index (χ2n) is 6.48. The predicted octanol–water partition coefficient (Wildman–Crippen LogP) is 3.88. The first-order valence-corrected chi connectivity index (χ1v) is 9.85. The zero-order valence-electron chi connectivity index (χ0n) is 16.0. The molecule has 0 N–H and O–H groups in total. The highest BCUT2D eigenvalue weighted by molar-refractivity contribution is 7.87. The quantitative estimate of drug-likeness (QED) is 0.622. The topological polar surface area (TPSA) is 70.4 Å². The van der Waals surface area contributed by atoms with E-state index in [2.05, 4.69) is 5.10 Å². The Balaban J connectivity index is 2.13. The van der Waals surface area contributed by atoms with Crippen LogP contribution < -0.4 is 8.92 Å². The van der Waals surface area contributed by atoms with Gasteiger partial charge in [0.2, 0.25) is 0 Å². The zero-order valence-corrected chi connectivity index (χ0v) is 16.8. The van der Waals surface area contributed by atoms with E-state index in [9.17, 15) is 8.42 Å². The Hall–Kier alpha value is -2.80. The van der Waals surface area contributed by atoms with Gasteiger partial charge in [-0.15, -0.1) is 0 Å². The summed E-state index contributed by atoms with van der Waals surface area (Å²) in [6, 6.07) is 11.8. The fourth-order valence-corrected chi connectivity index (χ4v) is 3.78. The average molecular weight is 386 g/mol. The van der Waals surface area contributed by atoms with E-state index in [1.54, 1.807) is 36.1 Å². The summed E-state index contributed by atoms with van der Waals surface area (Å²) < 4.78 is 38.1. The Kier molecular flexibility index (Phi) is 4.97. The zero-order chi connectivity index (χ0) is 19.8. The summed E-state index contributed by atoms with van der Waals surface area (Å²) in [4.78, 5) is 0.0980. The highest BCUT2D eigenvalue weighted by Crippen LogP contribution is 2.33. The summed E-state index contributed by atoms with van der Waals surface area (Å²) in [6.07, 6.45) is 0. The molecule has 0 aliphatic heterocycles. The molecule has 0 aliphatic carbocycles. The summed E-state index contributed by atoms with van der Waals surface area (Å²) in [7, 11) is -2.42. The lowest BCUT2D eigenvalue weighted by molar-refractivity contribution is 0.410. The normalized spacial score (nSPS) is 11.4. The van der Waals surface area contributed by atoms with Gasteiger partial charge in [0.1, 0.15) is 16.3 Å². The Morgan fingerprint density at radius 1 is 0.926 bits per heavy atom. The fourth-order valence-electron chi connectivity index (χ4n) is 2.85. The smallest absolute Gasteiger partial charge is 0.339 e. The van der Waals surface area contributed by atoms with Crippen molar-refractivity contribution in [2.24, 2.45) is 0 Å². The first-order valence-electron chi connectivity index (χ1n) is 8.44. The standard InChI is InChI=1S/C20H22N2O4S/c1-13-6-8-17(9-7-13)27(23,24)26-20-10-14(2)19(25-5)12-18(20)22-16(4)11-15(3)21-22/h6-12H,1-5H3. The second kappa shape index (κ2) is 7.08. The van der Waals surface area contributed by atoms with E-state index in [-0.39, 0.29) is 10.6 Å². The molecule has 0 aliphatic rings. The van der Waals surface area contributed by atoms with Gasteiger partial charge < -0.3 is 8.92 Å². The predicted molar refractivity (Wildman–Crippen MR) is 103 cm³/mol. The highest BCUT2D eigenvalue weighted by Gasteiger charge is 2.22. The van der Waals surface area contributed by atoms with Gasteiger partial charge in [-0.05, 0) is 57.5 Å². The van der Waals surface area contributed by atoms with Crippen LogP contribution >= 0.6 is 0 Å². The fraction of sp³-hybridized carbons (Fsp3) is 0.250. The third kappa shape index (κ3) is 3.83. The summed E-state index contributed by atoms with van der Waals surface area (Å²) >= 11 is 0. The van der Waals surface area contributed by atoms with Crippen LogP contribution in [-0.4, -0.2) is 25.3 Å². The molecule has 6 nitrogen and oxygen atoms in total. The first kappa shape index (κ1) is 19.0. The highest BCUT2D eigenvalue weighted by atomic mass is 32.2. The molecule has 7 heteroatoms. The van der Waals surface area contributed by atoms with Crippen molar-refractivity contribution in [2.75, 3.05) is 7.11 Å². The van der Waals surface area contributed by atoms with Crippen LogP contribution in [0.15, 0.2) is 47.4 Å². The molecule has 1 aromatic heterocycles. The van der Waals surface area contributed by atoms with E-state index < -0.39 is 10.1 Å². The van der Waals surface area contributed by atoms with Gasteiger partial charge >= 0.3 is 10.1 Å². The summed E-state index contributed by atoms with van der Waals surface area (Å²) in [5, 5.41) is 4.45. The van der Waals surface area contributed by atoms with Crippen LogP contribution in [0.25, 0.3) is 5.69 Å². The van der Waals surface area contributed by atoms with Gasteiger partial charge in [-0.2, -0.15) is 13.5 Å². The van der Waals surface area contributed by atoms with Crippen LogP contribution in [0.1, 0.15) is 22.5 Å². The van der Waals surface area contributed by atoms with Crippen molar-refractivity contribution in [3.8, 4) is 17.2 Å². The largest absolute Gasteiger partial charge is 0.496 e. The first-order chi connectivity index (χ1) is 12.7. The van der Waals surface area contributed by atoms with Crippen LogP contribution in [0.3, 0.4) is 0 Å². The number of hydrogen-bond acceptors (Lipinski definition) is 5. The van der Waals surface area contributed by atoms with E-state index in [1.165, 1.54) is 12.1 Å². The lowest BCUT2D eigenvalue weighted by Gasteiger charge is -2.16. The minimum atomic E-state index is -3.98. The minimum absolute atomic E-state index is 0.0980. The molecular formula is C20H22N2O4S. The molecule has 2 aromatic carbocycles. The molecule has 0 atom stereocenters. The van der Waals surface area contributed by atoms with E-state index in [1.807, 2.05) is 33.8 Å². The summed E-state index contributed by atoms with van der Waals surface area (Å²) in [5.74, 6) is 0.817. The third-order valence-corrected chi connectivity index (χ3v) is 5.47. The van der Waals surface area contributed by atoms with Crippen molar-refractivity contribution >= 4 is 10.1 Å². The maximum atomic E-state index is 12.8. The van der Waals surface area contributed by atoms with Gasteiger partial charge in [0.05, 0.1) is 12.8 Å². The van der Waals surface area contributed by atoms with Gasteiger partial charge in [-0.1, -0.05) is 17.7 Å². The van der Waals surface area contributed by atoms with Crippen molar-refractivity contribution in [1.82, 2.24) is 9.78 Å². The number of rotatable bonds is 5. The molecule has 0 spiro atoms. The van der Waals surface area contributed by atoms with Crippen LogP contribution in [0.5, 0.6) is 11.5 Å². The van der Waals surface area contributed by atoms with Crippen molar-refractivity contribution < 1.29 is 17.3 Å². The summed E-state index contributed by atoms with van der Waals surface area (Å²) in [6.45, 7) is 7.49. The Morgan fingerprint density at radius 2 is 1.59 bits per heavy atom. The number of ether oxygens (including phenoxy) is 1. The maximum Gasteiger partial charge on any atom is 0.339 e. The average Bonchev–Trinajstić information content (AvgIpc) is 2.93. The minimum Gasteiger partial charge on any atom is -0.496 e. The molecule has 0 saturated carbocycles. The van der Waals surface area contributed by atoms with Gasteiger partial charge in [-0.3, -0.25) is 0 Å². The molecule has 1 heterocycles. The second-order valence-corrected chi connectivity index (χ2v) is 8.03. The van der Waals surface area contributed by atoms with Crippen LogP contribution in [0.4, 0.5) is 0 Å². The molecular weight excluding hydrogens is 364 g/mol. The molecule has 27 heavy (non-hydrogen) atoms. The molecule has 0 saturated heterocycles. The number of benzene rings is 2. The van der Waals surface area contributed by atoms with Crippen molar-refractivity contribution in [1.29, 1.82) is 0 Å². The maximum absolute atomic E-state index is 12.8. The van der Waals surface area contributed by atoms with E-state index in [0.29, 0.717) is 11.4 Å².